The van der Waals surface area contributed by atoms with Crippen LogP contribution < -0.4 is 11.5 Å². The first-order valence-electron chi connectivity index (χ1n) is 18.2. The maximum Gasteiger partial charge on any atom is 0.404 e. The Morgan fingerprint density at radius 2 is 1.86 bits per heavy atom. The minimum absolute atomic E-state index is 0.0800. The molecule has 9 atom stereocenters. The lowest BCUT2D eigenvalue weighted by Gasteiger charge is -2.50. The molecule has 0 spiro atoms. The van der Waals surface area contributed by atoms with Gasteiger partial charge in [0.05, 0.1) is 23.4 Å². The third-order valence-electron chi connectivity index (χ3n) is 13.6. The Bertz CT molecular complexity index is 1820. The van der Waals surface area contributed by atoms with Gasteiger partial charge in [0, 0.05) is 43.1 Å². The van der Waals surface area contributed by atoms with Gasteiger partial charge in [0.1, 0.15) is 24.5 Å². The van der Waals surface area contributed by atoms with Crippen LogP contribution in [-0.2, 0) is 39.8 Å². The van der Waals surface area contributed by atoms with Crippen LogP contribution in [0.1, 0.15) is 82.3 Å². The van der Waals surface area contributed by atoms with Crippen molar-refractivity contribution in [1.29, 1.82) is 0 Å². The molecule has 0 bridgehead atoms. The summed E-state index contributed by atoms with van der Waals surface area (Å²) in [5.74, 6) is -0.477. The van der Waals surface area contributed by atoms with E-state index in [1.165, 1.54) is 25.2 Å². The molecule has 8 rings (SSSR count). The minimum Gasteiger partial charge on any atom is -0.508 e. The number of hydrogen-bond donors (Lipinski definition) is 3. The normalized spacial score (nSPS) is 35.9. The molecule has 2 saturated heterocycles. The van der Waals surface area contributed by atoms with Crippen molar-refractivity contribution in [3.8, 4) is 5.75 Å². The molecule has 0 aromatic heterocycles. The average molecular weight is 703 g/mol. The van der Waals surface area contributed by atoms with Crippen LogP contribution in [0.4, 0.5) is 4.79 Å². The van der Waals surface area contributed by atoms with Gasteiger partial charge >= 0.3 is 12.1 Å². The number of aromatic hydroxyl groups is 1. The maximum atomic E-state index is 13.6. The molecule has 2 amide bonds. The number of ether oxygens (including phenoxy) is 3. The Kier molecular flexibility index (Phi) is 7.82. The second kappa shape index (κ2) is 11.8. The fourth-order valence-electron chi connectivity index (χ4n) is 11.3. The number of ketones is 2. The molecule has 0 unspecified atom stereocenters. The van der Waals surface area contributed by atoms with Gasteiger partial charge in [0.25, 0.3) is 0 Å². The molecule has 2 saturated carbocycles. The third-order valence-corrected chi connectivity index (χ3v) is 13.6. The molecule has 3 aliphatic heterocycles. The van der Waals surface area contributed by atoms with Crippen LogP contribution in [0.15, 0.2) is 40.7 Å². The number of carbonyl (C=O) groups excluding carboxylic acids is 5. The number of piperazine rings is 1. The summed E-state index contributed by atoms with van der Waals surface area (Å²) in [6.45, 7) is 3.70. The molecule has 13 nitrogen and oxygen atoms in total. The first-order chi connectivity index (χ1) is 24.3. The minimum atomic E-state index is -1.33. The number of phenols is 1. The number of allylic oxidation sites excluding steroid dienone is 2. The van der Waals surface area contributed by atoms with Crippen molar-refractivity contribution in [3.05, 3.63) is 51.9 Å². The number of fused-ring (bicyclic) bond motifs is 9. The summed E-state index contributed by atoms with van der Waals surface area (Å²) in [5.41, 5.74) is 12.8. The van der Waals surface area contributed by atoms with Gasteiger partial charge in [-0.25, -0.2) is 4.79 Å². The van der Waals surface area contributed by atoms with Crippen LogP contribution in [0.2, 0.25) is 0 Å². The van der Waals surface area contributed by atoms with E-state index in [1.807, 2.05) is 6.07 Å². The average Bonchev–Trinajstić information content (AvgIpc) is 3.42. The van der Waals surface area contributed by atoms with Crippen molar-refractivity contribution in [3.63, 3.8) is 0 Å². The largest absolute Gasteiger partial charge is 0.508 e. The molecule has 3 heterocycles. The highest BCUT2D eigenvalue weighted by molar-refractivity contribution is 6.25. The zero-order valence-corrected chi connectivity index (χ0v) is 29.3. The zero-order chi connectivity index (χ0) is 36.1. The number of primary amides is 1. The van der Waals surface area contributed by atoms with Gasteiger partial charge in [-0.1, -0.05) is 13.0 Å². The number of nitrogens with two attached hydrogens (primary N) is 2. The maximum absolute atomic E-state index is 13.6. The van der Waals surface area contributed by atoms with Crippen molar-refractivity contribution < 1.29 is 43.3 Å². The van der Waals surface area contributed by atoms with Crippen LogP contribution in [-0.4, -0.2) is 88.6 Å². The number of aryl methyl sites for hydroxylation is 1. The SMILES string of the molecule is CO[C@@]12[C@H](COC(N)=O)C3=C(C(=O)C(C)=C(N)C3=O)N1C[C@H]1[C@@H]2N1C(=O)CCCC(=O)O[C@H]1CC[C@H]2[C@@H]3CCc4cc(O)ccc4[C@H]3CC[C@]12C. The van der Waals surface area contributed by atoms with E-state index in [0.717, 1.165) is 38.5 Å². The van der Waals surface area contributed by atoms with Gasteiger partial charge in [-0.05, 0) is 92.9 Å². The van der Waals surface area contributed by atoms with Gasteiger partial charge in [-0.3, -0.25) is 19.2 Å². The third kappa shape index (κ3) is 4.79. The number of hydrogen-bond acceptors (Lipinski definition) is 11. The summed E-state index contributed by atoms with van der Waals surface area (Å²) in [5, 5.41) is 10.00. The topological polar surface area (TPSA) is 192 Å². The second-order valence-electron chi connectivity index (χ2n) is 15.8. The van der Waals surface area contributed by atoms with Gasteiger partial charge in [0.15, 0.2) is 5.72 Å². The van der Waals surface area contributed by atoms with Crippen LogP contribution in [0.3, 0.4) is 0 Å². The number of rotatable bonds is 8. The van der Waals surface area contributed by atoms with Crippen LogP contribution in [0.5, 0.6) is 5.75 Å². The fraction of sp³-hybridized carbons (Fsp3) is 0.605. The molecule has 7 aliphatic rings. The molecule has 1 aromatic rings. The molecule has 272 valence electrons. The molecule has 4 aliphatic carbocycles. The highest BCUT2D eigenvalue weighted by atomic mass is 16.6. The standard InChI is InChI=1S/C38H46N4O9/c1-18-31(39)34(47)30-25(17-50-36(40)48)38(49-3)35-26(16-41(38)32(30)33(18)46)42(35)28(44)5-4-6-29(45)51-27-12-11-24-23-9-7-19-15-20(43)8-10-21(19)22(23)13-14-37(24,27)2/h8,10,15,22-27,35,43H,4-7,9,11-14,16-17,39H2,1-3H3,(H2,40,48)/t22-,23-,24+,25-,26+,27+,35+,37+,38-,42?/m1/s1. The van der Waals surface area contributed by atoms with Crippen molar-refractivity contribution in [2.45, 2.75) is 101 Å². The Balaban J connectivity index is 0.891. The Morgan fingerprint density at radius 1 is 1.08 bits per heavy atom. The smallest absolute Gasteiger partial charge is 0.404 e. The highest BCUT2D eigenvalue weighted by Gasteiger charge is 2.77. The van der Waals surface area contributed by atoms with E-state index in [4.69, 9.17) is 25.7 Å². The van der Waals surface area contributed by atoms with Gasteiger partial charge in [-0.2, -0.15) is 0 Å². The summed E-state index contributed by atoms with van der Waals surface area (Å²) in [7, 11) is 1.44. The number of phenolic OH excluding ortho intramolecular Hbond substituents is 1. The number of Topliss-reactive ketones (excluding diaryl/α,β-unsaturated/α-hetero) is 2. The summed E-state index contributed by atoms with van der Waals surface area (Å²) in [4.78, 5) is 68.7. The lowest BCUT2D eigenvalue weighted by atomic mass is 9.55. The van der Waals surface area contributed by atoms with E-state index < -0.39 is 35.3 Å². The van der Waals surface area contributed by atoms with E-state index in [-0.39, 0.29) is 78.0 Å². The summed E-state index contributed by atoms with van der Waals surface area (Å²) in [6, 6.07) is 5.01. The van der Waals surface area contributed by atoms with Crippen molar-refractivity contribution in [2.24, 2.45) is 34.6 Å². The van der Waals surface area contributed by atoms with Crippen molar-refractivity contribution >= 4 is 29.5 Å². The monoisotopic (exact) mass is 702 g/mol. The Labute approximate surface area is 296 Å². The molecular formula is C38H46N4O9. The van der Waals surface area contributed by atoms with Gasteiger partial charge in [0.2, 0.25) is 17.5 Å². The Hall–Kier alpha value is -4.39. The summed E-state index contributed by atoms with van der Waals surface area (Å²) >= 11 is 0. The molecule has 13 heteroatoms. The molecular weight excluding hydrogens is 656 g/mol. The van der Waals surface area contributed by atoms with Crippen molar-refractivity contribution in [1.82, 2.24) is 9.80 Å². The van der Waals surface area contributed by atoms with Gasteiger partial charge in [-0.15, -0.1) is 0 Å². The van der Waals surface area contributed by atoms with Crippen molar-refractivity contribution in [2.75, 3.05) is 20.3 Å². The lowest BCUT2D eigenvalue weighted by molar-refractivity contribution is -0.158. The molecule has 5 N–H and O–H groups in total. The summed E-state index contributed by atoms with van der Waals surface area (Å²) < 4.78 is 17.4. The molecule has 0 radical (unpaired) electrons. The van der Waals surface area contributed by atoms with E-state index >= 15 is 0 Å². The lowest BCUT2D eigenvalue weighted by Crippen LogP contribution is -2.56. The highest BCUT2D eigenvalue weighted by Crippen LogP contribution is 2.62. The van der Waals surface area contributed by atoms with Crippen LogP contribution in [0.25, 0.3) is 0 Å². The second-order valence-corrected chi connectivity index (χ2v) is 15.8. The quantitative estimate of drug-likeness (QED) is 0.205. The fourth-order valence-corrected chi connectivity index (χ4v) is 11.3. The molecule has 1 aromatic carbocycles. The van der Waals surface area contributed by atoms with E-state index in [1.54, 1.807) is 15.9 Å². The summed E-state index contributed by atoms with van der Waals surface area (Å²) in [6.07, 6.45) is 5.29. The number of esters is 1. The van der Waals surface area contributed by atoms with Crippen LogP contribution >= 0.6 is 0 Å². The van der Waals surface area contributed by atoms with E-state index in [9.17, 15) is 29.1 Å². The first kappa shape index (κ1) is 33.7. The number of methoxy groups -OCH3 is 1. The van der Waals surface area contributed by atoms with Gasteiger partial charge < -0.3 is 40.6 Å². The predicted molar refractivity (Wildman–Crippen MR) is 180 cm³/mol. The number of nitrogens with zero attached hydrogens (tertiary/aromatic N) is 2. The molecule has 51 heavy (non-hydrogen) atoms. The Morgan fingerprint density at radius 3 is 2.61 bits per heavy atom. The van der Waals surface area contributed by atoms with Crippen LogP contribution in [0, 0.1) is 23.2 Å². The number of benzene rings is 1. The number of amides is 2. The van der Waals surface area contributed by atoms with E-state index in [0.29, 0.717) is 29.9 Å². The first-order valence-corrected chi connectivity index (χ1v) is 18.2. The zero-order valence-electron chi connectivity index (χ0n) is 29.3. The molecule has 4 fully saturated rings. The predicted octanol–water partition coefficient (Wildman–Crippen LogP) is 2.93. The van der Waals surface area contributed by atoms with E-state index in [2.05, 4.69) is 13.0 Å². The number of carbonyl (C=O) groups is 5.